The van der Waals surface area contributed by atoms with Crippen molar-refractivity contribution in [1.29, 1.82) is 0 Å². The number of ether oxygens (including phenoxy) is 1. The second-order valence-corrected chi connectivity index (χ2v) is 8.48. The standard InChI is InChI=1S/C21H20ClNO4S/c1-3-27-21(24)14-23(20-10-6-9-19(22)15(20)2)28(25,26)18-12-11-16-7-4-5-8-17(16)13-18/h4-13H,3,14H2,1-2H3. The number of benzene rings is 3. The van der Waals surface area contributed by atoms with Crippen LogP contribution in [0, 0.1) is 6.92 Å². The highest BCUT2D eigenvalue weighted by Gasteiger charge is 2.29. The van der Waals surface area contributed by atoms with Crippen LogP contribution < -0.4 is 4.31 Å². The van der Waals surface area contributed by atoms with Crippen LogP contribution in [0.3, 0.4) is 0 Å². The van der Waals surface area contributed by atoms with E-state index in [0.717, 1.165) is 15.1 Å². The average Bonchev–Trinajstić information content (AvgIpc) is 2.68. The smallest absolute Gasteiger partial charge is 0.326 e. The van der Waals surface area contributed by atoms with Gasteiger partial charge in [-0.2, -0.15) is 0 Å². The molecule has 0 aliphatic rings. The highest BCUT2D eigenvalue weighted by atomic mass is 35.5. The molecule has 0 spiro atoms. The Morgan fingerprint density at radius 3 is 2.46 bits per heavy atom. The van der Waals surface area contributed by atoms with Crippen LogP contribution in [0.2, 0.25) is 5.02 Å². The monoisotopic (exact) mass is 417 g/mol. The van der Waals surface area contributed by atoms with E-state index >= 15 is 0 Å². The van der Waals surface area contributed by atoms with E-state index in [9.17, 15) is 13.2 Å². The predicted octanol–water partition coefficient (Wildman–Crippen LogP) is 4.56. The maximum absolute atomic E-state index is 13.5. The minimum Gasteiger partial charge on any atom is -0.465 e. The molecule has 0 fully saturated rings. The Labute approximate surface area is 169 Å². The molecule has 0 radical (unpaired) electrons. The number of rotatable bonds is 6. The van der Waals surface area contributed by atoms with Crippen molar-refractivity contribution in [3.63, 3.8) is 0 Å². The second kappa shape index (κ2) is 8.20. The maximum atomic E-state index is 13.5. The number of sulfonamides is 1. The Balaban J connectivity index is 2.13. The lowest BCUT2D eigenvalue weighted by Gasteiger charge is -2.25. The van der Waals surface area contributed by atoms with E-state index in [1.54, 1.807) is 44.2 Å². The molecule has 0 heterocycles. The van der Waals surface area contributed by atoms with Crippen molar-refractivity contribution in [3.8, 4) is 0 Å². The topological polar surface area (TPSA) is 63.7 Å². The Morgan fingerprint density at radius 2 is 1.75 bits per heavy atom. The first kappa shape index (κ1) is 20.2. The third kappa shape index (κ3) is 3.98. The number of nitrogens with zero attached hydrogens (tertiary/aromatic N) is 1. The van der Waals surface area contributed by atoms with E-state index < -0.39 is 22.5 Å². The number of fused-ring (bicyclic) bond motifs is 1. The van der Waals surface area contributed by atoms with Gasteiger partial charge in [0, 0.05) is 5.02 Å². The first-order valence-electron chi connectivity index (χ1n) is 8.77. The van der Waals surface area contributed by atoms with E-state index in [0.29, 0.717) is 16.3 Å². The molecule has 3 aromatic carbocycles. The minimum absolute atomic E-state index is 0.0925. The van der Waals surface area contributed by atoms with Crippen molar-refractivity contribution in [3.05, 3.63) is 71.2 Å². The van der Waals surface area contributed by atoms with Gasteiger partial charge in [-0.25, -0.2) is 8.42 Å². The molecule has 0 bridgehead atoms. The number of hydrogen-bond donors (Lipinski definition) is 0. The van der Waals surface area contributed by atoms with Crippen molar-refractivity contribution in [2.24, 2.45) is 0 Å². The molecule has 0 aliphatic heterocycles. The summed E-state index contributed by atoms with van der Waals surface area (Å²) in [5.74, 6) is -0.633. The van der Waals surface area contributed by atoms with E-state index in [1.807, 2.05) is 24.3 Å². The summed E-state index contributed by atoms with van der Waals surface area (Å²) in [5, 5.41) is 2.14. The Hall–Kier alpha value is -2.57. The van der Waals surface area contributed by atoms with Gasteiger partial charge in [-0.3, -0.25) is 9.10 Å². The van der Waals surface area contributed by atoms with Crippen molar-refractivity contribution in [1.82, 2.24) is 0 Å². The third-order valence-electron chi connectivity index (χ3n) is 4.39. The van der Waals surface area contributed by atoms with E-state index in [2.05, 4.69) is 0 Å². The summed E-state index contributed by atoms with van der Waals surface area (Å²) in [6, 6.07) is 17.3. The molecule has 0 aliphatic carbocycles. The van der Waals surface area contributed by atoms with Crippen LogP contribution in [0.4, 0.5) is 5.69 Å². The molecule has 0 aromatic heterocycles. The van der Waals surface area contributed by atoms with E-state index in [4.69, 9.17) is 16.3 Å². The summed E-state index contributed by atoms with van der Waals surface area (Å²) in [4.78, 5) is 12.2. The fourth-order valence-corrected chi connectivity index (χ4v) is 4.62. The third-order valence-corrected chi connectivity index (χ3v) is 6.56. The van der Waals surface area contributed by atoms with Gasteiger partial charge >= 0.3 is 5.97 Å². The van der Waals surface area contributed by atoms with Gasteiger partial charge < -0.3 is 4.74 Å². The van der Waals surface area contributed by atoms with Crippen molar-refractivity contribution >= 4 is 44.1 Å². The molecule has 3 rings (SSSR count). The zero-order chi connectivity index (χ0) is 20.3. The first-order chi connectivity index (χ1) is 13.3. The summed E-state index contributed by atoms with van der Waals surface area (Å²) in [5.41, 5.74) is 0.909. The van der Waals surface area contributed by atoms with Crippen molar-refractivity contribution < 1.29 is 17.9 Å². The molecule has 0 saturated heterocycles. The number of anilines is 1. The highest BCUT2D eigenvalue weighted by molar-refractivity contribution is 7.92. The number of carbonyl (C=O) groups is 1. The number of esters is 1. The SMILES string of the molecule is CCOC(=O)CN(c1cccc(Cl)c1C)S(=O)(=O)c1ccc2ccccc2c1. The molecular formula is C21H20ClNO4S. The van der Waals surface area contributed by atoms with Crippen molar-refractivity contribution in [2.45, 2.75) is 18.7 Å². The van der Waals surface area contributed by atoms with E-state index in [-0.39, 0.29) is 11.5 Å². The summed E-state index contributed by atoms with van der Waals surface area (Å²) in [6.07, 6.45) is 0. The summed E-state index contributed by atoms with van der Waals surface area (Å²) >= 11 is 6.19. The van der Waals surface area contributed by atoms with Crippen LogP contribution in [0.25, 0.3) is 10.8 Å². The van der Waals surface area contributed by atoms with Gasteiger partial charge in [0.1, 0.15) is 6.54 Å². The molecule has 0 unspecified atom stereocenters. The van der Waals surface area contributed by atoms with Crippen LogP contribution in [-0.4, -0.2) is 27.5 Å². The lowest BCUT2D eigenvalue weighted by molar-refractivity contribution is -0.141. The second-order valence-electron chi connectivity index (χ2n) is 6.21. The molecule has 28 heavy (non-hydrogen) atoms. The van der Waals surface area contributed by atoms with Gasteiger partial charge in [-0.1, -0.05) is 48.0 Å². The van der Waals surface area contributed by atoms with Crippen LogP contribution in [-0.2, 0) is 19.6 Å². The number of hydrogen-bond acceptors (Lipinski definition) is 4. The van der Waals surface area contributed by atoms with Crippen LogP contribution >= 0.6 is 11.6 Å². The predicted molar refractivity (Wildman–Crippen MR) is 111 cm³/mol. The van der Waals surface area contributed by atoms with E-state index in [1.165, 1.54) is 6.07 Å². The largest absolute Gasteiger partial charge is 0.465 e. The molecule has 0 saturated carbocycles. The van der Waals surface area contributed by atoms with Gasteiger partial charge in [-0.05, 0) is 54.4 Å². The molecule has 0 N–H and O–H groups in total. The minimum atomic E-state index is -4.02. The van der Waals surface area contributed by atoms with Gasteiger partial charge in [-0.15, -0.1) is 0 Å². The average molecular weight is 418 g/mol. The zero-order valence-electron chi connectivity index (χ0n) is 15.6. The van der Waals surface area contributed by atoms with Gasteiger partial charge in [0.25, 0.3) is 10.0 Å². The fourth-order valence-electron chi connectivity index (χ4n) is 2.94. The molecule has 146 valence electrons. The molecule has 5 nitrogen and oxygen atoms in total. The van der Waals surface area contributed by atoms with Gasteiger partial charge in [0.2, 0.25) is 0 Å². The summed E-state index contributed by atoms with van der Waals surface area (Å²) in [6.45, 7) is 3.11. The molecule has 7 heteroatoms. The lowest BCUT2D eigenvalue weighted by atomic mass is 10.1. The van der Waals surface area contributed by atoms with Gasteiger partial charge in [0.05, 0.1) is 17.2 Å². The van der Waals surface area contributed by atoms with Crippen LogP contribution in [0.5, 0.6) is 0 Å². The Morgan fingerprint density at radius 1 is 1.04 bits per heavy atom. The number of carbonyl (C=O) groups excluding carboxylic acids is 1. The lowest BCUT2D eigenvalue weighted by Crippen LogP contribution is -2.37. The van der Waals surface area contributed by atoms with Crippen LogP contribution in [0.15, 0.2) is 65.6 Å². The molecule has 3 aromatic rings. The highest BCUT2D eigenvalue weighted by Crippen LogP contribution is 2.31. The quantitative estimate of drug-likeness (QED) is 0.551. The van der Waals surface area contributed by atoms with Crippen LogP contribution in [0.1, 0.15) is 12.5 Å². The Bertz CT molecular complexity index is 1130. The fraction of sp³-hybridized carbons (Fsp3) is 0.190. The molecular weight excluding hydrogens is 398 g/mol. The Kier molecular flexibility index (Phi) is 5.91. The molecule has 0 amide bonds. The maximum Gasteiger partial charge on any atom is 0.326 e. The summed E-state index contributed by atoms with van der Waals surface area (Å²) in [7, 11) is -4.02. The normalized spacial score (nSPS) is 11.4. The number of halogens is 1. The zero-order valence-corrected chi connectivity index (χ0v) is 17.1. The summed E-state index contributed by atoms with van der Waals surface area (Å²) < 4.78 is 32.9. The first-order valence-corrected chi connectivity index (χ1v) is 10.6. The van der Waals surface area contributed by atoms with Gasteiger partial charge in [0.15, 0.2) is 0 Å². The van der Waals surface area contributed by atoms with Crippen molar-refractivity contribution in [2.75, 3.05) is 17.5 Å². The molecule has 0 atom stereocenters.